The minimum Gasteiger partial charge on any atom is -0.477 e. The maximum atomic E-state index is 12.8. The van der Waals surface area contributed by atoms with Crippen LogP contribution in [0.3, 0.4) is 0 Å². The van der Waals surface area contributed by atoms with Gasteiger partial charge >= 0.3 is 0 Å². The van der Waals surface area contributed by atoms with Crippen LogP contribution in [-0.2, 0) is 6.54 Å². The Morgan fingerprint density at radius 1 is 1.31 bits per heavy atom. The number of nitrogens with zero attached hydrogens (tertiary/aromatic N) is 2. The molecule has 0 aliphatic carbocycles. The van der Waals surface area contributed by atoms with Gasteiger partial charge in [0, 0.05) is 36.5 Å². The number of Topliss-reactive ketones (excluding diaryl/α,β-unsaturated/α-hetero) is 1. The van der Waals surface area contributed by atoms with Gasteiger partial charge in [-0.1, -0.05) is 19.9 Å². The van der Waals surface area contributed by atoms with Crippen LogP contribution in [0.2, 0.25) is 0 Å². The highest BCUT2D eigenvalue weighted by molar-refractivity contribution is 6.15. The second-order valence-corrected chi connectivity index (χ2v) is 7.24. The van der Waals surface area contributed by atoms with Crippen molar-refractivity contribution in [3.8, 4) is 11.5 Å². The number of benzene rings is 1. The number of allylic oxidation sites excluding steroid dienone is 1. The average Bonchev–Trinajstić information content (AvgIpc) is 2.92. The van der Waals surface area contributed by atoms with Gasteiger partial charge in [0.1, 0.15) is 18.2 Å². The molecule has 0 saturated carbocycles. The molecule has 0 unspecified atom stereocenters. The largest absolute Gasteiger partial charge is 0.477 e. The van der Waals surface area contributed by atoms with E-state index in [1.807, 2.05) is 31.2 Å². The molecule has 5 nitrogen and oxygen atoms in total. The minimum atomic E-state index is -0.0995. The summed E-state index contributed by atoms with van der Waals surface area (Å²) in [5.41, 5.74) is 3.24. The lowest BCUT2D eigenvalue weighted by atomic mass is 10.00. The van der Waals surface area contributed by atoms with Crippen molar-refractivity contribution < 1.29 is 14.3 Å². The summed E-state index contributed by atoms with van der Waals surface area (Å²) in [6, 6.07) is 7.49. The van der Waals surface area contributed by atoms with E-state index in [1.165, 1.54) is 0 Å². The van der Waals surface area contributed by atoms with Crippen LogP contribution >= 0.6 is 0 Å². The summed E-state index contributed by atoms with van der Waals surface area (Å²) in [5, 5.41) is 0. The quantitative estimate of drug-likeness (QED) is 0.788. The Kier molecular flexibility index (Phi) is 4.24. The molecule has 0 saturated heterocycles. The Morgan fingerprint density at radius 3 is 2.88 bits per heavy atom. The van der Waals surface area contributed by atoms with Crippen LogP contribution in [0.25, 0.3) is 6.08 Å². The van der Waals surface area contributed by atoms with Gasteiger partial charge in [-0.2, -0.15) is 0 Å². The Morgan fingerprint density at radius 2 is 2.15 bits per heavy atom. The maximum absolute atomic E-state index is 12.8. The average molecular weight is 350 g/mol. The predicted octanol–water partition coefficient (Wildman–Crippen LogP) is 3.81. The third-order valence-corrected chi connectivity index (χ3v) is 4.59. The number of fused-ring (bicyclic) bond motifs is 2. The lowest BCUT2D eigenvalue weighted by Crippen LogP contribution is -2.35. The predicted molar refractivity (Wildman–Crippen MR) is 99.1 cm³/mol. The van der Waals surface area contributed by atoms with Crippen molar-refractivity contribution in [1.29, 1.82) is 0 Å². The number of hydrogen-bond donors (Lipinski definition) is 0. The van der Waals surface area contributed by atoms with Crippen molar-refractivity contribution in [1.82, 2.24) is 9.88 Å². The first kappa shape index (κ1) is 16.8. The van der Waals surface area contributed by atoms with Gasteiger partial charge in [-0.15, -0.1) is 0 Å². The van der Waals surface area contributed by atoms with Crippen LogP contribution in [0, 0.1) is 12.8 Å². The molecule has 134 valence electrons. The van der Waals surface area contributed by atoms with Crippen molar-refractivity contribution >= 4 is 11.9 Å². The van der Waals surface area contributed by atoms with Gasteiger partial charge in [-0.05, 0) is 31.0 Å². The molecule has 0 bridgehead atoms. The lowest BCUT2D eigenvalue weighted by molar-refractivity contribution is 0.0835. The van der Waals surface area contributed by atoms with E-state index in [-0.39, 0.29) is 5.78 Å². The highest BCUT2D eigenvalue weighted by Crippen LogP contribution is 2.43. The standard InChI is InChI=1S/C21H22N2O3/c1-13(2)10-23-11-15-8-17-19(24)18(9-16-6-4-5-7-22-16)26-21(17)14(3)20(15)25-12-23/h4-9,13H,10-12H2,1-3H3/b18-9-. The molecule has 0 radical (unpaired) electrons. The summed E-state index contributed by atoms with van der Waals surface area (Å²) >= 11 is 0. The van der Waals surface area contributed by atoms with Crippen LogP contribution in [-0.4, -0.2) is 28.9 Å². The number of pyridine rings is 1. The molecule has 1 aromatic carbocycles. The van der Waals surface area contributed by atoms with Crippen LogP contribution in [0.5, 0.6) is 11.5 Å². The van der Waals surface area contributed by atoms with Crippen molar-refractivity contribution in [2.45, 2.75) is 27.3 Å². The second-order valence-electron chi connectivity index (χ2n) is 7.24. The first-order valence-corrected chi connectivity index (χ1v) is 8.90. The van der Waals surface area contributed by atoms with Crippen molar-refractivity contribution in [3.05, 3.63) is 58.6 Å². The molecular weight excluding hydrogens is 328 g/mol. The Hall–Kier alpha value is -2.66. The number of carbonyl (C=O) groups excluding carboxylic acids is 1. The number of ketones is 1. The zero-order valence-corrected chi connectivity index (χ0v) is 15.3. The Labute approximate surface area is 153 Å². The SMILES string of the molecule is Cc1c2c(cc3c1O/C(=C\c1ccccn1)C3=O)CN(CC(C)C)CO2. The lowest BCUT2D eigenvalue weighted by Gasteiger charge is -2.31. The minimum absolute atomic E-state index is 0.0995. The van der Waals surface area contributed by atoms with E-state index in [2.05, 4.69) is 23.7 Å². The van der Waals surface area contributed by atoms with Crippen molar-refractivity contribution in [2.75, 3.05) is 13.3 Å². The number of hydrogen-bond acceptors (Lipinski definition) is 5. The molecule has 5 heteroatoms. The molecule has 1 aromatic heterocycles. The molecule has 2 aromatic rings. The zero-order valence-electron chi connectivity index (χ0n) is 15.3. The summed E-state index contributed by atoms with van der Waals surface area (Å²) in [6.07, 6.45) is 3.38. The molecule has 4 rings (SSSR count). The monoisotopic (exact) mass is 350 g/mol. The van der Waals surface area contributed by atoms with Gasteiger partial charge in [0.05, 0.1) is 11.3 Å². The number of carbonyl (C=O) groups is 1. The molecule has 0 N–H and O–H groups in total. The molecule has 26 heavy (non-hydrogen) atoms. The molecule has 0 fully saturated rings. The zero-order chi connectivity index (χ0) is 18.3. The van der Waals surface area contributed by atoms with Gasteiger partial charge in [-0.3, -0.25) is 14.7 Å². The van der Waals surface area contributed by atoms with Crippen LogP contribution in [0.15, 0.2) is 36.2 Å². The second kappa shape index (κ2) is 6.57. The molecule has 0 amide bonds. The molecule has 3 heterocycles. The van der Waals surface area contributed by atoms with Gasteiger partial charge in [0.2, 0.25) is 5.78 Å². The number of ether oxygens (including phenoxy) is 2. The van der Waals surface area contributed by atoms with E-state index in [4.69, 9.17) is 9.47 Å². The van der Waals surface area contributed by atoms with E-state index >= 15 is 0 Å². The fraction of sp³-hybridized carbons (Fsp3) is 0.333. The number of rotatable bonds is 3. The van der Waals surface area contributed by atoms with E-state index in [0.717, 1.165) is 30.0 Å². The summed E-state index contributed by atoms with van der Waals surface area (Å²) in [7, 11) is 0. The molecule has 0 spiro atoms. The normalized spacial score (nSPS) is 17.8. The first-order valence-electron chi connectivity index (χ1n) is 8.90. The van der Waals surface area contributed by atoms with Gasteiger partial charge in [0.25, 0.3) is 0 Å². The fourth-order valence-electron chi connectivity index (χ4n) is 3.53. The molecule has 0 atom stereocenters. The van der Waals surface area contributed by atoms with E-state index < -0.39 is 0 Å². The van der Waals surface area contributed by atoms with Gasteiger partial charge < -0.3 is 9.47 Å². The van der Waals surface area contributed by atoms with Gasteiger partial charge in [0.15, 0.2) is 5.76 Å². The summed E-state index contributed by atoms with van der Waals surface area (Å²) in [5.74, 6) is 2.22. The maximum Gasteiger partial charge on any atom is 0.232 e. The topological polar surface area (TPSA) is 51.7 Å². The van der Waals surface area contributed by atoms with Crippen LogP contribution in [0.4, 0.5) is 0 Å². The highest BCUT2D eigenvalue weighted by atomic mass is 16.5. The van der Waals surface area contributed by atoms with Gasteiger partial charge in [-0.25, -0.2) is 0 Å². The third kappa shape index (κ3) is 2.99. The summed E-state index contributed by atoms with van der Waals surface area (Å²) in [4.78, 5) is 19.3. The Balaban J connectivity index is 1.68. The van der Waals surface area contributed by atoms with E-state index in [9.17, 15) is 4.79 Å². The van der Waals surface area contributed by atoms with E-state index in [0.29, 0.717) is 35.4 Å². The Bertz CT molecular complexity index is 888. The van der Waals surface area contributed by atoms with Crippen LogP contribution in [0.1, 0.15) is 41.0 Å². The summed E-state index contributed by atoms with van der Waals surface area (Å²) in [6.45, 7) is 8.65. The molecular formula is C21H22N2O3. The number of aromatic nitrogens is 1. The smallest absolute Gasteiger partial charge is 0.232 e. The van der Waals surface area contributed by atoms with E-state index in [1.54, 1.807) is 12.3 Å². The fourth-order valence-corrected chi connectivity index (χ4v) is 3.53. The highest BCUT2D eigenvalue weighted by Gasteiger charge is 2.33. The molecule has 2 aliphatic heterocycles. The molecule has 2 aliphatic rings. The van der Waals surface area contributed by atoms with Crippen LogP contribution < -0.4 is 9.47 Å². The van der Waals surface area contributed by atoms with Crippen molar-refractivity contribution in [3.63, 3.8) is 0 Å². The summed E-state index contributed by atoms with van der Waals surface area (Å²) < 4.78 is 11.9. The first-order chi connectivity index (χ1) is 12.5. The van der Waals surface area contributed by atoms with Crippen molar-refractivity contribution in [2.24, 2.45) is 5.92 Å². The third-order valence-electron chi connectivity index (χ3n) is 4.59.